The van der Waals surface area contributed by atoms with Gasteiger partial charge in [0.05, 0.1) is 12.4 Å². The summed E-state index contributed by atoms with van der Waals surface area (Å²) in [5.41, 5.74) is -0.120. The summed E-state index contributed by atoms with van der Waals surface area (Å²) in [6.07, 6.45) is 1.41. The van der Waals surface area contributed by atoms with Crippen LogP contribution in [0.5, 0.6) is 0 Å². The van der Waals surface area contributed by atoms with Crippen LogP contribution in [0.4, 0.5) is 5.82 Å². The molecule has 1 aliphatic rings. The molecule has 1 saturated heterocycles. The lowest BCUT2D eigenvalue weighted by Gasteiger charge is -2.36. The van der Waals surface area contributed by atoms with E-state index in [0.717, 1.165) is 13.1 Å². The number of nitrogens with one attached hydrogen (secondary N) is 2. The number of likely N-dealkylation sites (N-methyl/N-ethyl adjacent to an activating group) is 1. The van der Waals surface area contributed by atoms with Crippen molar-refractivity contribution in [2.75, 3.05) is 25.5 Å². The van der Waals surface area contributed by atoms with Gasteiger partial charge in [0, 0.05) is 19.2 Å². The van der Waals surface area contributed by atoms with Gasteiger partial charge in [-0.25, -0.2) is 4.98 Å². The molecular weight excluding hydrogens is 168 g/mol. The van der Waals surface area contributed by atoms with Crippen molar-refractivity contribution in [3.05, 3.63) is 22.7 Å². The minimum Gasteiger partial charge on any atom is -0.365 e. The standard InChI is InChI=1S/C8H12N4O/c1-12-3-6(4-12)11-7-2-8(13)10-5-9-7/h2,5-6H,3-4H2,1H3,(H2,9,10,11,13). The van der Waals surface area contributed by atoms with Gasteiger partial charge in [0.25, 0.3) is 5.56 Å². The van der Waals surface area contributed by atoms with Gasteiger partial charge < -0.3 is 15.2 Å². The van der Waals surface area contributed by atoms with Crippen molar-refractivity contribution in [2.24, 2.45) is 0 Å². The molecule has 0 aliphatic carbocycles. The maximum atomic E-state index is 10.9. The maximum absolute atomic E-state index is 10.9. The summed E-state index contributed by atoms with van der Waals surface area (Å²) < 4.78 is 0. The van der Waals surface area contributed by atoms with Gasteiger partial charge in [0.15, 0.2) is 0 Å². The van der Waals surface area contributed by atoms with Crippen LogP contribution in [-0.2, 0) is 0 Å². The van der Waals surface area contributed by atoms with Crippen LogP contribution in [0.1, 0.15) is 0 Å². The average molecular weight is 180 g/mol. The minimum atomic E-state index is -0.120. The number of H-pyrrole nitrogens is 1. The highest BCUT2D eigenvalue weighted by Crippen LogP contribution is 2.09. The molecule has 1 aromatic heterocycles. The van der Waals surface area contributed by atoms with Crippen LogP contribution >= 0.6 is 0 Å². The lowest BCUT2D eigenvalue weighted by atomic mass is 10.1. The van der Waals surface area contributed by atoms with Crippen molar-refractivity contribution in [3.63, 3.8) is 0 Å². The molecule has 0 unspecified atom stereocenters. The van der Waals surface area contributed by atoms with Gasteiger partial charge in [0.1, 0.15) is 5.82 Å². The Morgan fingerprint density at radius 1 is 1.69 bits per heavy atom. The zero-order chi connectivity index (χ0) is 9.26. The first-order chi connectivity index (χ1) is 6.24. The number of hydrogen-bond acceptors (Lipinski definition) is 4. The molecule has 1 aromatic rings. The summed E-state index contributed by atoms with van der Waals surface area (Å²) >= 11 is 0. The van der Waals surface area contributed by atoms with Gasteiger partial charge in [-0.15, -0.1) is 0 Å². The molecule has 0 saturated carbocycles. The fourth-order valence-electron chi connectivity index (χ4n) is 1.45. The van der Waals surface area contributed by atoms with E-state index in [4.69, 9.17) is 0 Å². The molecule has 2 heterocycles. The van der Waals surface area contributed by atoms with E-state index in [0.29, 0.717) is 11.9 Å². The predicted octanol–water partition coefficient (Wildman–Crippen LogP) is -0.504. The van der Waals surface area contributed by atoms with Crippen LogP contribution < -0.4 is 10.9 Å². The van der Waals surface area contributed by atoms with Crippen molar-refractivity contribution in [1.29, 1.82) is 0 Å². The zero-order valence-corrected chi connectivity index (χ0v) is 7.45. The third-order valence-corrected chi connectivity index (χ3v) is 2.09. The van der Waals surface area contributed by atoms with Crippen LogP contribution in [0.15, 0.2) is 17.2 Å². The molecule has 1 aliphatic heterocycles. The lowest BCUT2D eigenvalue weighted by Crippen LogP contribution is -2.52. The number of nitrogens with zero attached hydrogens (tertiary/aromatic N) is 2. The van der Waals surface area contributed by atoms with Crippen LogP contribution in [0.2, 0.25) is 0 Å². The van der Waals surface area contributed by atoms with Crippen LogP contribution in [-0.4, -0.2) is 41.0 Å². The predicted molar refractivity (Wildman–Crippen MR) is 49.8 cm³/mol. The molecule has 1 fully saturated rings. The van der Waals surface area contributed by atoms with Gasteiger partial charge in [-0.3, -0.25) is 4.79 Å². The lowest BCUT2D eigenvalue weighted by molar-refractivity contribution is 0.205. The third kappa shape index (κ3) is 1.86. The summed E-state index contributed by atoms with van der Waals surface area (Å²) in [4.78, 5) is 19.6. The van der Waals surface area contributed by atoms with Crippen molar-refractivity contribution in [1.82, 2.24) is 14.9 Å². The smallest absolute Gasteiger partial charge is 0.252 e. The summed E-state index contributed by atoms with van der Waals surface area (Å²) in [5.74, 6) is 0.654. The summed E-state index contributed by atoms with van der Waals surface area (Å²) in [6.45, 7) is 2.02. The second-order valence-electron chi connectivity index (χ2n) is 3.36. The Bertz CT molecular complexity index is 342. The van der Waals surface area contributed by atoms with E-state index in [2.05, 4.69) is 27.2 Å². The highest BCUT2D eigenvalue weighted by atomic mass is 16.1. The van der Waals surface area contributed by atoms with Gasteiger partial charge in [-0.2, -0.15) is 0 Å². The Morgan fingerprint density at radius 2 is 2.46 bits per heavy atom. The summed E-state index contributed by atoms with van der Waals surface area (Å²) in [7, 11) is 2.06. The number of aromatic nitrogens is 2. The van der Waals surface area contributed by atoms with E-state index in [1.807, 2.05) is 0 Å². The molecule has 0 spiro atoms. The van der Waals surface area contributed by atoms with Crippen molar-refractivity contribution in [3.8, 4) is 0 Å². The van der Waals surface area contributed by atoms with Gasteiger partial charge in [0.2, 0.25) is 0 Å². The maximum Gasteiger partial charge on any atom is 0.252 e. The van der Waals surface area contributed by atoms with E-state index in [1.165, 1.54) is 12.4 Å². The second kappa shape index (κ2) is 3.18. The Hall–Kier alpha value is -1.36. The normalized spacial score (nSPS) is 18.2. The van der Waals surface area contributed by atoms with Crippen molar-refractivity contribution < 1.29 is 0 Å². The van der Waals surface area contributed by atoms with Gasteiger partial charge in [-0.05, 0) is 7.05 Å². The van der Waals surface area contributed by atoms with E-state index in [-0.39, 0.29) is 5.56 Å². The monoisotopic (exact) mass is 180 g/mol. The quantitative estimate of drug-likeness (QED) is 0.644. The van der Waals surface area contributed by atoms with Crippen LogP contribution in [0, 0.1) is 0 Å². The minimum absolute atomic E-state index is 0.120. The SMILES string of the molecule is CN1CC(Nc2cc(=O)[nH]cn2)C1. The van der Waals surface area contributed by atoms with Crippen molar-refractivity contribution in [2.45, 2.75) is 6.04 Å². The Balaban J connectivity index is 1.98. The van der Waals surface area contributed by atoms with E-state index >= 15 is 0 Å². The average Bonchev–Trinajstić information content (AvgIpc) is 2.01. The molecule has 0 atom stereocenters. The first-order valence-electron chi connectivity index (χ1n) is 4.24. The third-order valence-electron chi connectivity index (χ3n) is 2.09. The number of anilines is 1. The van der Waals surface area contributed by atoms with Crippen molar-refractivity contribution >= 4 is 5.82 Å². The number of aromatic amines is 1. The first kappa shape index (κ1) is 8.25. The molecule has 0 bridgehead atoms. The molecule has 2 rings (SSSR count). The fraction of sp³-hybridized carbons (Fsp3) is 0.500. The summed E-state index contributed by atoms with van der Waals surface area (Å²) in [6, 6.07) is 1.90. The molecule has 70 valence electrons. The Kier molecular flexibility index (Phi) is 2.02. The van der Waals surface area contributed by atoms with Crippen LogP contribution in [0.25, 0.3) is 0 Å². The molecular formula is C8H12N4O. The Morgan fingerprint density at radius 3 is 3.08 bits per heavy atom. The first-order valence-corrected chi connectivity index (χ1v) is 4.24. The van der Waals surface area contributed by atoms with Gasteiger partial charge >= 0.3 is 0 Å². The molecule has 5 nitrogen and oxygen atoms in total. The molecule has 0 amide bonds. The highest BCUT2D eigenvalue weighted by molar-refractivity contribution is 5.34. The largest absolute Gasteiger partial charge is 0.365 e. The van der Waals surface area contributed by atoms with Crippen LogP contribution in [0.3, 0.4) is 0 Å². The molecule has 0 radical (unpaired) electrons. The summed E-state index contributed by atoms with van der Waals surface area (Å²) in [5, 5.41) is 3.18. The topological polar surface area (TPSA) is 61.0 Å². The molecule has 0 aromatic carbocycles. The fourth-order valence-corrected chi connectivity index (χ4v) is 1.45. The molecule has 5 heteroatoms. The zero-order valence-electron chi connectivity index (χ0n) is 7.45. The second-order valence-corrected chi connectivity index (χ2v) is 3.36. The molecule has 2 N–H and O–H groups in total. The Labute approximate surface area is 75.8 Å². The van der Waals surface area contributed by atoms with Gasteiger partial charge in [-0.1, -0.05) is 0 Å². The number of likely N-dealkylation sites (tertiary alicyclic amines) is 1. The number of hydrogen-bond donors (Lipinski definition) is 2. The highest BCUT2D eigenvalue weighted by Gasteiger charge is 2.22. The van der Waals surface area contributed by atoms with E-state index in [9.17, 15) is 4.79 Å². The van der Waals surface area contributed by atoms with E-state index in [1.54, 1.807) is 0 Å². The molecule has 13 heavy (non-hydrogen) atoms. The number of rotatable bonds is 2. The van der Waals surface area contributed by atoms with E-state index < -0.39 is 0 Å².